The number of nitrogens with zero attached hydrogens (tertiary/aromatic N) is 3. The third kappa shape index (κ3) is 2.34. The van der Waals surface area contributed by atoms with Crippen molar-refractivity contribution in [1.82, 2.24) is 9.88 Å². The molecule has 0 radical (unpaired) electrons. The Morgan fingerprint density at radius 1 is 1.40 bits per heavy atom. The van der Waals surface area contributed by atoms with Crippen molar-refractivity contribution in [1.29, 1.82) is 5.26 Å². The second kappa shape index (κ2) is 4.41. The Labute approximate surface area is 90.4 Å². The van der Waals surface area contributed by atoms with Gasteiger partial charge < -0.3 is 0 Å². The second-order valence-corrected chi connectivity index (χ2v) is 4.06. The van der Waals surface area contributed by atoms with E-state index in [0.29, 0.717) is 5.69 Å². The minimum atomic E-state index is 0.585. The maximum Gasteiger partial charge on any atom is 0.145 e. The molecule has 0 spiro atoms. The van der Waals surface area contributed by atoms with Gasteiger partial charge in [0.1, 0.15) is 11.8 Å². The molecule has 0 atom stereocenters. The standard InChI is InChI=1S/C12H15N3/c1-10-4-5-11(12(8-13)14-10)9-15-6-2-3-7-15/h4-5H,2-3,6-7,9H2,1H3. The highest BCUT2D eigenvalue weighted by molar-refractivity contribution is 5.32. The lowest BCUT2D eigenvalue weighted by Gasteiger charge is -2.15. The topological polar surface area (TPSA) is 39.9 Å². The molecule has 78 valence electrons. The predicted molar refractivity (Wildman–Crippen MR) is 58.2 cm³/mol. The zero-order valence-electron chi connectivity index (χ0n) is 9.03. The molecule has 0 aliphatic carbocycles. The van der Waals surface area contributed by atoms with E-state index in [4.69, 9.17) is 5.26 Å². The van der Waals surface area contributed by atoms with Crippen LogP contribution < -0.4 is 0 Å². The maximum atomic E-state index is 8.99. The molecule has 0 unspecified atom stereocenters. The van der Waals surface area contributed by atoms with E-state index in [-0.39, 0.29) is 0 Å². The van der Waals surface area contributed by atoms with Crippen molar-refractivity contribution in [2.45, 2.75) is 26.3 Å². The molecule has 1 aliphatic rings. The number of rotatable bonds is 2. The van der Waals surface area contributed by atoms with E-state index < -0.39 is 0 Å². The monoisotopic (exact) mass is 201 g/mol. The molecule has 0 saturated carbocycles. The molecular formula is C12H15N3. The van der Waals surface area contributed by atoms with Gasteiger partial charge in [-0.15, -0.1) is 0 Å². The first-order chi connectivity index (χ1) is 7.29. The lowest BCUT2D eigenvalue weighted by atomic mass is 10.1. The number of likely N-dealkylation sites (tertiary alicyclic amines) is 1. The van der Waals surface area contributed by atoms with Crippen LogP contribution in [-0.4, -0.2) is 23.0 Å². The predicted octanol–water partition coefficient (Wildman–Crippen LogP) is 1.86. The molecular weight excluding hydrogens is 186 g/mol. The van der Waals surface area contributed by atoms with Crippen LogP contribution in [0.2, 0.25) is 0 Å². The van der Waals surface area contributed by atoms with Crippen LogP contribution in [0.15, 0.2) is 12.1 Å². The molecule has 1 aromatic rings. The summed E-state index contributed by atoms with van der Waals surface area (Å²) < 4.78 is 0. The van der Waals surface area contributed by atoms with E-state index in [0.717, 1.165) is 30.9 Å². The van der Waals surface area contributed by atoms with Gasteiger partial charge in [-0.1, -0.05) is 6.07 Å². The van der Waals surface area contributed by atoms with Crippen LogP contribution in [0, 0.1) is 18.3 Å². The minimum absolute atomic E-state index is 0.585. The SMILES string of the molecule is Cc1ccc(CN2CCCC2)c(C#N)n1. The minimum Gasteiger partial charge on any atom is -0.299 e. The van der Waals surface area contributed by atoms with Crippen molar-refractivity contribution in [3.05, 3.63) is 29.1 Å². The molecule has 3 heteroatoms. The summed E-state index contributed by atoms with van der Waals surface area (Å²) >= 11 is 0. The zero-order valence-corrected chi connectivity index (χ0v) is 9.03. The van der Waals surface area contributed by atoms with Gasteiger partial charge in [0.05, 0.1) is 0 Å². The Morgan fingerprint density at radius 2 is 2.13 bits per heavy atom. The van der Waals surface area contributed by atoms with E-state index in [1.165, 1.54) is 12.8 Å². The Kier molecular flexibility index (Phi) is 2.98. The summed E-state index contributed by atoms with van der Waals surface area (Å²) in [7, 11) is 0. The molecule has 3 nitrogen and oxygen atoms in total. The van der Waals surface area contributed by atoms with Crippen molar-refractivity contribution in [2.75, 3.05) is 13.1 Å². The Morgan fingerprint density at radius 3 is 2.80 bits per heavy atom. The quantitative estimate of drug-likeness (QED) is 0.733. The highest BCUT2D eigenvalue weighted by atomic mass is 15.1. The summed E-state index contributed by atoms with van der Waals surface area (Å²) in [6.45, 7) is 5.09. The van der Waals surface area contributed by atoms with E-state index >= 15 is 0 Å². The van der Waals surface area contributed by atoms with Crippen molar-refractivity contribution >= 4 is 0 Å². The molecule has 2 rings (SSSR count). The van der Waals surface area contributed by atoms with Crippen LogP contribution in [0.25, 0.3) is 0 Å². The number of aryl methyl sites for hydroxylation is 1. The van der Waals surface area contributed by atoms with Crippen LogP contribution in [0.4, 0.5) is 0 Å². The average Bonchev–Trinajstić information content (AvgIpc) is 2.73. The maximum absolute atomic E-state index is 8.99. The largest absolute Gasteiger partial charge is 0.299 e. The van der Waals surface area contributed by atoms with Crippen LogP contribution in [-0.2, 0) is 6.54 Å². The lowest BCUT2D eigenvalue weighted by Crippen LogP contribution is -2.19. The highest BCUT2D eigenvalue weighted by Crippen LogP contribution is 2.14. The summed E-state index contributed by atoms with van der Waals surface area (Å²) in [5.41, 5.74) is 2.56. The third-order valence-corrected chi connectivity index (χ3v) is 2.82. The van der Waals surface area contributed by atoms with E-state index in [1.807, 2.05) is 19.1 Å². The van der Waals surface area contributed by atoms with Crippen LogP contribution in [0.5, 0.6) is 0 Å². The van der Waals surface area contributed by atoms with Gasteiger partial charge in [0, 0.05) is 17.8 Å². The fourth-order valence-corrected chi connectivity index (χ4v) is 1.99. The number of hydrogen-bond donors (Lipinski definition) is 0. The molecule has 1 aliphatic heterocycles. The first-order valence-corrected chi connectivity index (χ1v) is 5.38. The van der Waals surface area contributed by atoms with E-state index in [2.05, 4.69) is 16.0 Å². The third-order valence-electron chi connectivity index (χ3n) is 2.82. The van der Waals surface area contributed by atoms with Gasteiger partial charge in [-0.2, -0.15) is 5.26 Å². The van der Waals surface area contributed by atoms with Gasteiger partial charge in [-0.25, -0.2) is 4.98 Å². The number of aromatic nitrogens is 1. The Balaban J connectivity index is 2.16. The highest BCUT2D eigenvalue weighted by Gasteiger charge is 2.14. The summed E-state index contributed by atoms with van der Waals surface area (Å²) in [5.74, 6) is 0. The molecule has 1 fully saturated rings. The average molecular weight is 201 g/mol. The van der Waals surface area contributed by atoms with Crippen molar-refractivity contribution in [3.8, 4) is 6.07 Å². The van der Waals surface area contributed by atoms with Crippen LogP contribution >= 0.6 is 0 Å². The second-order valence-electron chi connectivity index (χ2n) is 4.06. The van der Waals surface area contributed by atoms with E-state index in [1.54, 1.807) is 0 Å². The van der Waals surface area contributed by atoms with Crippen molar-refractivity contribution in [3.63, 3.8) is 0 Å². The van der Waals surface area contributed by atoms with Crippen LogP contribution in [0.3, 0.4) is 0 Å². The summed E-state index contributed by atoms with van der Waals surface area (Å²) in [6, 6.07) is 6.18. The first kappa shape index (κ1) is 10.1. The molecule has 2 heterocycles. The summed E-state index contributed by atoms with van der Waals surface area (Å²) in [6.07, 6.45) is 2.56. The molecule has 0 aromatic carbocycles. The van der Waals surface area contributed by atoms with Gasteiger partial charge in [-0.3, -0.25) is 4.90 Å². The fraction of sp³-hybridized carbons (Fsp3) is 0.500. The smallest absolute Gasteiger partial charge is 0.145 e. The first-order valence-electron chi connectivity index (χ1n) is 5.38. The summed E-state index contributed by atoms with van der Waals surface area (Å²) in [4.78, 5) is 6.63. The van der Waals surface area contributed by atoms with Crippen molar-refractivity contribution < 1.29 is 0 Å². The molecule has 0 N–H and O–H groups in total. The fourth-order valence-electron chi connectivity index (χ4n) is 1.99. The lowest BCUT2D eigenvalue weighted by molar-refractivity contribution is 0.330. The van der Waals surface area contributed by atoms with Gasteiger partial charge >= 0.3 is 0 Å². The Bertz CT molecular complexity index is 386. The molecule has 0 amide bonds. The number of nitriles is 1. The van der Waals surface area contributed by atoms with Gasteiger partial charge in [0.15, 0.2) is 0 Å². The van der Waals surface area contributed by atoms with Crippen molar-refractivity contribution in [2.24, 2.45) is 0 Å². The summed E-state index contributed by atoms with van der Waals surface area (Å²) in [5, 5.41) is 8.99. The molecule has 1 aromatic heterocycles. The number of pyridine rings is 1. The molecule has 1 saturated heterocycles. The normalized spacial score (nSPS) is 16.5. The van der Waals surface area contributed by atoms with Crippen LogP contribution in [0.1, 0.15) is 29.8 Å². The van der Waals surface area contributed by atoms with Gasteiger partial charge in [0.25, 0.3) is 0 Å². The molecule has 0 bridgehead atoms. The Hall–Kier alpha value is -1.40. The van der Waals surface area contributed by atoms with Gasteiger partial charge in [0.2, 0.25) is 0 Å². The van der Waals surface area contributed by atoms with Gasteiger partial charge in [-0.05, 0) is 38.9 Å². The zero-order chi connectivity index (χ0) is 10.7. The molecule has 15 heavy (non-hydrogen) atoms. The number of hydrogen-bond acceptors (Lipinski definition) is 3. The van der Waals surface area contributed by atoms with E-state index in [9.17, 15) is 0 Å².